The smallest absolute Gasteiger partial charge is 0.227 e. The molecule has 1 aliphatic rings. The molecular weight excluding hydrogens is 422 g/mol. The molecule has 0 saturated heterocycles. The van der Waals surface area contributed by atoms with Gasteiger partial charge in [0.2, 0.25) is 5.95 Å². The lowest BCUT2D eigenvalue weighted by Gasteiger charge is -2.24. The highest BCUT2D eigenvalue weighted by Gasteiger charge is 2.19. The highest BCUT2D eigenvalue weighted by atomic mass is 35.5. The van der Waals surface area contributed by atoms with Gasteiger partial charge in [0.15, 0.2) is 15.6 Å². The van der Waals surface area contributed by atoms with E-state index in [9.17, 15) is 8.42 Å². The van der Waals surface area contributed by atoms with E-state index < -0.39 is 9.84 Å². The number of benzene rings is 2. The van der Waals surface area contributed by atoms with E-state index in [-0.39, 0.29) is 11.9 Å². The molecule has 1 N–H and O–H groups in total. The first-order chi connectivity index (χ1) is 14.4. The van der Waals surface area contributed by atoms with Gasteiger partial charge in [0, 0.05) is 23.5 Å². The van der Waals surface area contributed by atoms with Gasteiger partial charge in [0.05, 0.1) is 16.9 Å². The molecule has 8 heteroatoms. The summed E-state index contributed by atoms with van der Waals surface area (Å²) < 4.78 is 29.4. The molecule has 6 nitrogen and oxygen atoms in total. The molecular formula is C22H24ClN3O3S. The molecule has 2 aromatic carbocycles. The largest absolute Gasteiger partial charge is 0.487 e. The summed E-state index contributed by atoms with van der Waals surface area (Å²) in [7, 11) is -3.11. The van der Waals surface area contributed by atoms with Crippen LogP contribution >= 0.6 is 11.6 Å². The molecule has 0 spiro atoms. The number of ether oxygens (including phenoxy) is 1. The molecule has 0 aliphatic heterocycles. The van der Waals surface area contributed by atoms with Gasteiger partial charge in [-0.25, -0.2) is 18.4 Å². The lowest BCUT2D eigenvalue weighted by atomic mass is 9.98. The number of fused-ring (bicyclic) bond motifs is 1. The maximum atomic E-state index is 11.6. The highest BCUT2D eigenvalue weighted by Crippen LogP contribution is 2.35. The first-order valence-corrected chi connectivity index (χ1v) is 12.5. The van der Waals surface area contributed by atoms with Gasteiger partial charge < -0.3 is 10.1 Å². The molecule has 1 aromatic heterocycles. The van der Waals surface area contributed by atoms with Crippen molar-refractivity contribution in [2.75, 3.05) is 11.6 Å². The Bertz CT molecular complexity index is 1160. The first kappa shape index (κ1) is 20.9. The number of halogens is 1. The molecule has 1 heterocycles. The summed E-state index contributed by atoms with van der Waals surface area (Å²) in [6.45, 7) is 0. The fourth-order valence-corrected chi connectivity index (χ4v) is 4.72. The molecule has 1 saturated carbocycles. The maximum Gasteiger partial charge on any atom is 0.227 e. The van der Waals surface area contributed by atoms with E-state index in [2.05, 4.69) is 15.3 Å². The number of rotatable bonds is 6. The Morgan fingerprint density at radius 1 is 1.17 bits per heavy atom. The third kappa shape index (κ3) is 5.21. The van der Waals surface area contributed by atoms with Crippen LogP contribution in [0.15, 0.2) is 42.6 Å². The minimum absolute atomic E-state index is 0.0178. The standard InChI is InChI=1S/C22H24ClN3O3S/c1-30(27,28)14-15-6-5-7-17(12-15)25-22-24-13-16-10-11-19(23)21(20(16)26-22)29-18-8-3-2-4-9-18/h5-7,10-13,18H,2-4,8-9,14H2,1H3,(H,24,25,26). The molecule has 1 aliphatic carbocycles. The summed E-state index contributed by atoms with van der Waals surface area (Å²) in [4.78, 5) is 9.04. The van der Waals surface area contributed by atoms with E-state index in [1.54, 1.807) is 24.4 Å². The summed E-state index contributed by atoms with van der Waals surface area (Å²) in [5.41, 5.74) is 2.08. The Hall–Kier alpha value is -2.38. The number of nitrogens with one attached hydrogen (secondary N) is 1. The van der Waals surface area contributed by atoms with Crippen LogP contribution in [0.5, 0.6) is 5.75 Å². The van der Waals surface area contributed by atoms with Crippen molar-refractivity contribution >= 4 is 44.0 Å². The van der Waals surface area contributed by atoms with Gasteiger partial charge in [0.25, 0.3) is 0 Å². The van der Waals surface area contributed by atoms with Gasteiger partial charge >= 0.3 is 0 Å². The Kier molecular flexibility index (Phi) is 6.11. The fraction of sp³-hybridized carbons (Fsp3) is 0.364. The second-order valence-corrected chi connectivity index (χ2v) is 10.3. The van der Waals surface area contributed by atoms with Crippen LogP contribution in [0.3, 0.4) is 0 Å². The van der Waals surface area contributed by atoms with Crippen molar-refractivity contribution in [1.82, 2.24) is 9.97 Å². The third-order valence-corrected chi connectivity index (χ3v) is 6.26. The predicted octanol–water partition coefficient (Wildman–Crippen LogP) is 5.28. The number of sulfone groups is 1. The molecule has 3 aromatic rings. The molecule has 4 rings (SSSR count). The van der Waals surface area contributed by atoms with Crippen LogP contribution in [0.2, 0.25) is 5.02 Å². The summed E-state index contributed by atoms with van der Waals surface area (Å²) in [6, 6.07) is 10.9. The van der Waals surface area contributed by atoms with Crippen molar-refractivity contribution < 1.29 is 13.2 Å². The highest BCUT2D eigenvalue weighted by molar-refractivity contribution is 7.89. The van der Waals surface area contributed by atoms with Gasteiger partial charge in [0.1, 0.15) is 5.52 Å². The number of aromatic nitrogens is 2. The van der Waals surface area contributed by atoms with Crippen molar-refractivity contribution in [3.05, 3.63) is 53.2 Å². The summed E-state index contributed by atoms with van der Waals surface area (Å²) in [5, 5.41) is 4.54. The van der Waals surface area contributed by atoms with Crippen molar-refractivity contribution in [1.29, 1.82) is 0 Å². The summed E-state index contributed by atoms with van der Waals surface area (Å²) >= 11 is 6.45. The molecule has 30 heavy (non-hydrogen) atoms. The number of anilines is 2. The van der Waals surface area contributed by atoms with Crippen molar-refractivity contribution in [3.63, 3.8) is 0 Å². The van der Waals surface area contributed by atoms with Gasteiger partial charge in [-0.3, -0.25) is 0 Å². The number of nitrogens with zero attached hydrogens (tertiary/aromatic N) is 2. The van der Waals surface area contributed by atoms with Crippen LogP contribution in [-0.4, -0.2) is 30.7 Å². The molecule has 0 atom stereocenters. The second-order valence-electron chi connectivity index (χ2n) is 7.78. The van der Waals surface area contributed by atoms with Crippen molar-refractivity contribution in [3.8, 4) is 5.75 Å². The minimum atomic E-state index is -3.11. The summed E-state index contributed by atoms with van der Waals surface area (Å²) in [6.07, 6.45) is 8.73. The zero-order chi connectivity index (χ0) is 21.1. The van der Waals surface area contributed by atoms with Gasteiger partial charge in [-0.1, -0.05) is 30.2 Å². The monoisotopic (exact) mass is 445 g/mol. The first-order valence-electron chi connectivity index (χ1n) is 10.0. The fourth-order valence-electron chi connectivity index (χ4n) is 3.74. The maximum absolute atomic E-state index is 11.6. The molecule has 158 valence electrons. The Morgan fingerprint density at radius 2 is 1.97 bits per heavy atom. The van der Waals surface area contributed by atoms with Crippen LogP contribution in [0.4, 0.5) is 11.6 Å². The SMILES string of the molecule is CS(=O)(=O)Cc1cccc(Nc2ncc3ccc(Cl)c(OC4CCCCC4)c3n2)c1. The van der Waals surface area contributed by atoms with E-state index in [4.69, 9.17) is 16.3 Å². The zero-order valence-corrected chi connectivity index (χ0v) is 18.3. The number of hydrogen-bond donors (Lipinski definition) is 1. The second kappa shape index (κ2) is 8.78. The van der Waals surface area contributed by atoms with Crippen LogP contribution in [0.1, 0.15) is 37.7 Å². The zero-order valence-electron chi connectivity index (χ0n) is 16.8. The molecule has 0 amide bonds. The summed E-state index contributed by atoms with van der Waals surface area (Å²) in [5.74, 6) is 0.975. The third-order valence-electron chi connectivity index (χ3n) is 5.11. The van der Waals surface area contributed by atoms with Gasteiger partial charge in [-0.05, 0) is 55.5 Å². The average molecular weight is 446 g/mol. The quantitative estimate of drug-likeness (QED) is 0.555. The van der Waals surface area contributed by atoms with E-state index in [1.165, 1.54) is 25.5 Å². The normalized spacial score (nSPS) is 15.3. The molecule has 0 bridgehead atoms. The van der Waals surface area contributed by atoms with Gasteiger partial charge in [-0.15, -0.1) is 0 Å². The van der Waals surface area contributed by atoms with E-state index in [0.29, 0.717) is 33.5 Å². The van der Waals surface area contributed by atoms with Crippen LogP contribution in [0.25, 0.3) is 10.9 Å². The Labute approximate surface area is 181 Å². The topological polar surface area (TPSA) is 81.2 Å². The van der Waals surface area contributed by atoms with E-state index in [1.807, 2.05) is 18.2 Å². The van der Waals surface area contributed by atoms with Crippen molar-refractivity contribution in [2.45, 2.75) is 44.0 Å². The molecule has 1 fully saturated rings. The molecule has 0 unspecified atom stereocenters. The van der Waals surface area contributed by atoms with Crippen LogP contribution in [-0.2, 0) is 15.6 Å². The Morgan fingerprint density at radius 3 is 2.73 bits per heavy atom. The van der Waals surface area contributed by atoms with Crippen LogP contribution in [0, 0.1) is 0 Å². The number of hydrogen-bond acceptors (Lipinski definition) is 6. The predicted molar refractivity (Wildman–Crippen MR) is 120 cm³/mol. The average Bonchev–Trinajstić information content (AvgIpc) is 2.70. The Balaban J connectivity index is 1.62. The van der Waals surface area contributed by atoms with Crippen molar-refractivity contribution in [2.24, 2.45) is 0 Å². The lowest BCUT2D eigenvalue weighted by Crippen LogP contribution is -2.20. The van der Waals surface area contributed by atoms with Gasteiger partial charge in [-0.2, -0.15) is 0 Å². The lowest BCUT2D eigenvalue weighted by molar-refractivity contribution is 0.157. The minimum Gasteiger partial charge on any atom is -0.487 e. The van der Waals surface area contributed by atoms with E-state index >= 15 is 0 Å². The van der Waals surface area contributed by atoms with E-state index in [0.717, 1.165) is 18.2 Å². The molecule has 0 radical (unpaired) electrons. The van der Waals surface area contributed by atoms with Crippen LogP contribution < -0.4 is 10.1 Å².